The van der Waals surface area contributed by atoms with E-state index in [-0.39, 0.29) is 0 Å². The summed E-state index contributed by atoms with van der Waals surface area (Å²) in [5.41, 5.74) is 3.83. The van der Waals surface area contributed by atoms with E-state index in [2.05, 4.69) is 70.7 Å². The highest BCUT2D eigenvalue weighted by Crippen LogP contribution is 2.33. The average molecular weight is 288 g/mol. The first-order chi connectivity index (χ1) is 10.9. The number of para-hydroxylation sites is 1. The van der Waals surface area contributed by atoms with Crippen molar-refractivity contribution in [2.45, 2.75) is 25.4 Å². The molecule has 0 saturated carbocycles. The van der Waals surface area contributed by atoms with Gasteiger partial charge in [0.1, 0.15) is 0 Å². The van der Waals surface area contributed by atoms with Gasteiger partial charge in [0.2, 0.25) is 0 Å². The molecule has 2 heteroatoms. The molecule has 2 aromatic carbocycles. The topological polar surface area (TPSA) is 16.1 Å². The van der Waals surface area contributed by atoms with Crippen molar-refractivity contribution >= 4 is 10.9 Å². The molecule has 1 unspecified atom stereocenters. The van der Waals surface area contributed by atoms with Gasteiger partial charge in [0.05, 0.1) is 5.52 Å². The Balaban J connectivity index is 1.61. The van der Waals surface area contributed by atoms with Crippen LogP contribution in [0.1, 0.15) is 30.0 Å². The van der Waals surface area contributed by atoms with Gasteiger partial charge in [-0.2, -0.15) is 0 Å². The van der Waals surface area contributed by atoms with E-state index in [4.69, 9.17) is 0 Å². The molecule has 2 nitrogen and oxygen atoms in total. The molecule has 1 aliphatic heterocycles. The maximum atomic E-state index is 4.64. The van der Waals surface area contributed by atoms with E-state index in [1.54, 1.807) is 0 Å². The van der Waals surface area contributed by atoms with E-state index in [1.807, 2.05) is 6.07 Å². The van der Waals surface area contributed by atoms with Gasteiger partial charge in [-0.15, -0.1) is 0 Å². The highest BCUT2D eigenvalue weighted by molar-refractivity contribution is 5.78. The Labute approximate surface area is 131 Å². The molecule has 1 fully saturated rings. The Kier molecular flexibility index (Phi) is 3.61. The lowest BCUT2D eigenvalue weighted by atomic mass is 10.0. The number of rotatable bonds is 3. The van der Waals surface area contributed by atoms with Gasteiger partial charge in [-0.1, -0.05) is 48.5 Å². The molecule has 0 amide bonds. The maximum absolute atomic E-state index is 4.64. The summed E-state index contributed by atoms with van der Waals surface area (Å²) in [5, 5.41) is 1.24. The largest absolute Gasteiger partial charge is 0.292 e. The van der Waals surface area contributed by atoms with Crippen molar-refractivity contribution in [2.75, 3.05) is 6.54 Å². The highest BCUT2D eigenvalue weighted by atomic mass is 15.2. The summed E-state index contributed by atoms with van der Waals surface area (Å²) in [6.07, 6.45) is 4.56. The number of hydrogen-bond acceptors (Lipinski definition) is 2. The number of hydrogen-bond donors (Lipinski definition) is 0. The summed E-state index contributed by atoms with van der Waals surface area (Å²) < 4.78 is 0. The standard InChI is InChI=1S/C20H20N2/c1-2-7-16(8-3-1)15-22-12-6-11-20(22)18-13-17-9-4-5-10-19(17)21-14-18/h1-5,7-10,13-14,20H,6,11-12,15H2. The van der Waals surface area contributed by atoms with Crippen molar-refractivity contribution in [3.05, 3.63) is 78.0 Å². The van der Waals surface area contributed by atoms with Crippen LogP contribution in [-0.4, -0.2) is 16.4 Å². The van der Waals surface area contributed by atoms with Gasteiger partial charge in [0.25, 0.3) is 0 Å². The van der Waals surface area contributed by atoms with Crippen LogP contribution in [0.15, 0.2) is 66.9 Å². The predicted octanol–water partition coefficient (Wildman–Crippen LogP) is 4.57. The van der Waals surface area contributed by atoms with Gasteiger partial charge in [0.15, 0.2) is 0 Å². The normalized spacial score (nSPS) is 18.8. The van der Waals surface area contributed by atoms with Crippen molar-refractivity contribution in [3.63, 3.8) is 0 Å². The van der Waals surface area contributed by atoms with Crippen molar-refractivity contribution in [3.8, 4) is 0 Å². The second-order valence-electron chi connectivity index (χ2n) is 6.08. The first kappa shape index (κ1) is 13.5. The van der Waals surface area contributed by atoms with Crippen molar-refractivity contribution < 1.29 is 0 Å². The molecule has 1 aromatic heterocycles. The second-order valence-corrected chi connectivity index (χ2v) is 6.08. The first-order valence-corrected chi connectivity index (χ1v) is 8.03. The van der Waals surface area contributed by atoms with Gasteiger partial charge in [-0.3, -0.25) is 9.88 Å². The lowest BCUT2D eigenvalue weighted by molar-refractivity contribution is 0.248. The number of pyridine rings is 1. The van der Waals surface area contributed by atoms with E-state index in [9.17, 15) is 0 Å². The minimum Gasteiger partial charge on any atom is -0.292 e. The molecule has 1 aliphatic rings. The van der Waals surface area contributed by atoms with Crippen LogP contribution in [0.5, 0.6) is 0 Å². The minimum absolute atomic E-state index is 0.498. The summed E-state index contributed by atoms with van der Waals surface area (Å²) >= 11 is 0. The zero-order valence-corrected chi connectivity index (χ0v) is 12.7. The smallest absolute Gasteiger partial charge is 0.0702 e. The fourth-order valence-corrected chi connectivity index (χ4v) is 3.48. The molecule has 110 valence electrons. The molecule has 0 N–H and O–H groups in total. The molecular formula is C20H20N2. The highest BCUT2D eigenvalue weighted by Gasteiger charge is 2.26. The Morgan fingerprint density at radius 1 is 1.00 bits per heavy atom. The first-order valence-electron chi connectivity index (χ1n) is 8.03. The van der Waals surface area contributed by atoms with Crippen LogP contribution < -0.4 is 0 Å². The molecule has 1 atom stereocenters. The number of aromatic nitrogens is 1. The monoisotopic (exact) mass is 288 g/mol. The van der Waals surface area contributed by atoms with Gasteiger partial charge in [0, 0.05) is 24.2 Å². The van der Waals surface area contributed by atoms with Crippen LogP contribution in [0.25, 0.3) is 10.9 Å². The maximum Gasteiger partial charge on any atom is 0.0702 e. The fraction of sp³-hybridized carbons (Fsp3) is 0.250. The number of benzene rings is 2. The van der Waals surface area contributed by atoms with Crippen LogP contribution in [-0.2, 0) is 6.54 Å². The van der Waals surface area contributed by atoms with Gasteiger partial charge >= 0.3 is 0 Å². The molecule has 0 spiro atoms. The SMILES string of the molecule is c1ccc(CN2CCCC2c2cnc3ccccc3c2)cc1. The minimum atomic E-state index is 0.498. The van der Waals surface area contributed by atoms with Gasteiger partial charge < -0.3 is 0 Å². The van der Waals surface area contributed by atoms with E-state index < -0.39 is 0 Å². The Hall–Kier alpha value is -2.19. The molecule has 22 heavy (non-hydrogen) atoms. The molecule has 1 saturated heterocycles. The number of nitrogens with zero attached hydrogens (tertiary/aromatic N) is 2. The third kappa shape index (κ3) is 2.62. The van der Waals surface area contributed by atoms with Crippen molar-refractivity contribution in [2.24, 2.45) is 0 Å². The van der Waals surface area contributed by atoms with Crippen LogP contribution in [0, 0.1) is 0 Å². The Bertz CT molecular complexity index is 767. The fourth-order valence-electron chi connectivity index (χ4n) is 3.48. The predicted molar refractivity (Wildman–Crippen MR) is 90.6 cm³/mol. The van der Waals surface area contributed by atoms with E-state index in [0.29, 0.717) is 6.04 Å². The van der Waals surface area contributed by atoms with Crippen LogP contribution in [0.2, 0.25) is 0 Å². The van der Waals surface area contributed by atoms with Crippen LogP contribution >= 0.6 is 0 Å². The molecular weight excluding hydrogens is 268 g/mol. The zero-order chi connectivity index (χ0) is 14.8. The molecule has 3 aromatic rings. The summed E-state index contributed by atoms with van der Waals surface area (Å²) in [7, 11) is 0. The quantitative estimate of drug-likeness (QED) is 0.701. The van der Waals surface area contributed by atoms with Crippen molar-refractivity contribution in [1.82, 2.24) is 9.88 Å². The summed E-state index contributed by atoms with van der Waals surface area (Å²) in [6.45, 7) is 2.20. The average Bonchev–Trinajstić information content (AvgIpc) is 3.03. The molecule has 2 heterocycles. The number of fused-ring (bicyclic) bond motifs is 1. The molecule has 4 rings (SSSR count). The summed E-state index contributed by atoms with van der Waals surface area (Å²) in [6, 6.07) is 21.9. The van der Waals surface area contributed by atoms with Gasteiger partial charge in [-0.05, 0) is 42.6 Å². The Morgan fingerprint density at radius 2 is 1.82 bits per heavy atom. The second kappa shape index (κ2) is 5.90. The zero-order valence-electron chi connectivity index (χ0n) is 12.7. The summed E-state index contributed by atoms with van der Waals surface area (Å²) in [5.74, 6) is 0. The van der Waals surface area contributed by atoms with E-state index >= 15 is 0 Å². The Morgan fingerprint density at radius 3 is 2.73 bits per heavy atom. The lowest BCUT2D eigenvalue weighted by Gasteiger charge is -2.25. The molecule has 0 aliphatic carbocycles. The van der Waals surface area contributed by atoms with Crippen LogP contribution in [0.4, 0.5) is 0 Å². The third-order valence-electron chi connectivity index (χ3n) is 4.59. The molecule has 0 bridgehead atoms. The molecule has 0 radical (unpaired) electrons. The van der Waals surface area contributed by atoms with Crippen LogP contribution in [0.3, 0.4) is 0 Å². The van der Waals surface area contributed by atoms with Gasteiger partial charge in [-0.25, -0.2) is 0 Å². The van der Waals surface area contributed by atoms with E-state index in [1.165, 1.54) is 35.9 Å². The van der Waals surface area contributed by atoms with Crippen molar-refractivity contribution in [1.29, 1.82) is 0 Å². The summed E-state index contributed by atoms with van der Waals surface area (Å²) in [4.78, 5) is 7.23. The third-order valence-corrected chi connectivity index (χ3v) is 4.59. The number of likely N-dealkylation sites (tertiary alicyclic amines) is 1. The lowest BCUT2D eigenvalue weighted by Crippen LogP contribution is -2.22. The van der Waals surface area contributed by atoms with E-state index in [0.717, 1.165) is 12.1 Å².